The fourth-order valence-corrected chi connectivity index (χ4v) is 4.65. The van der Waals surface area contributed by atoms with Crippen molar-refractivity contribution < 1.29 is 14.4 Å². The van der Waals surface area contributed by atoms with Crippen LogP contribution >= 0.6 is 11.8 Å². The Bertz CT molecular complexity index is 1000. The molecule has 1 aliphatic carbocycles. The first-order valence-corrected chi connectivity index (χ1v) is 11.1. The van der Waals surface area contributed by atoms with Gasteiger partial charge in [0.25, 0.3) is 0 Å². The largest absolute Gasteiger partial charge is 0.325 e. The van der Waals surface area contributed by atoms with Crippen LogP contribution in [0.25, 0.3) is 0 Å². The summed E-state index contributed by atoms with van der Waals surface area (Å²) < 4.78 is 0. The molecule has 2 atom stereocenters. The molecule has 6 heteroatoms. The molecule has 154 valence electrons. The minimum atomic E-state index is -0.231. The number of allylic oxidation sites excluding steroid dienone is 2. The Balaban J connectivity index is 1.37. The predicted octanol–water partition coefficient (Wildman–Crippen LogP) is 4.49. The quantitative estimate of drug-likeness (QED) is 0.440. The molecule has 0 radical (unpaired) electrons. The summed E-state index contributed by atoms with van der Waals surface area (Å²) in [6, 6.07) is 13.2. The average Bonchev–Trinajstić information content (AvgIpc) is 3.00. The standard InChI is InChI=1S/C24H24N2O3S/c1-15-7-8-16(2)21(13-15)25-22(27)14-30-18-11-9-17(10-12-18)26-23(28)19-5-3-4-6-20(19)24(26)29/h3-4,7-13,19-20H,5-6,14H2,1-2H3,(H,25,27). The Kier molecular flexibility index (Phi) is 5.77. The number of benzene rings is 2. The number of nitrogens with zero attached hydrogens (tertiary/aromatic N) is 1. The molecule has 5 nitrogen and oxygen atoms in total. The Morgan fingerprint density at radius 2 is 1.63 bits per heavy atom. The number of aryl methyl sites for hydroxylation is 2. The van der Waals surface area contributed by atoms with E-state index in [9.17, 15) is 14.4 Å². The SMILES string of the molecule is Cc1ccc(C)c(NC(=O)CSc2ccc(N3C(=O)C4CC=CCC4C3=O)cc2)c1. The van der Waals surface area contributed by atoms with Crippen LogP contribution in [0.15, 0.2) is 59.5 Å². The van der Waals surface area contributed by atoms with Gasteiger partial charge < -0.3 is 5.32 Å². The van der Waals surface area contributed by atoms with E-state index >= 15 is 0 Å². The van der Waals surface area contributed by atoms with Gasteiger partial charge in [-0.2, -0.15) is 0 Å². The summed E-state index contributed by atoms with van der Waals surface area (Å²) >= 11 is 1.42. The second kappa shape index (κ2) is 8.48. The molecule has 1 saturated heterocycles. The summed E-state index contributed by atoms with van der Waals surface area (Å²) in [6.45, 7) is 3.96. The normalized spacial score (nSPS) is 20.4. The van der Waals surface area contributed by atoms with Crippen molar-refractivity contribution in [1.29, 1.82) is 0 Å². The number of hydrogen-bond acceptors (Lipinski definition) is 4. The van der Waals surface area contributed by atoms with E-state index in [1.165, 1.54) is 16.7 Å². The molecule has 4 rings (SSSR count). The molecule has 2 aliphatic rings. The number of thioether (sulfide) groups is 1. The van der Waals surface area contributed by atoms with Crippen molar-refractivity contribution in [2.24, 2.45) is 11.8 Å². The first-order valence-electron chi connectivity index (χ1n) is 10.1. The van der Waals surface area contributed by atoms with Crippen LogP contribution in [-0.2, 0) is 14.4 Å². The lowest BCUT2D eigenvalue weighted by Crippen LogP contribution is -2.30. The van der Waals surface area contributed by atoms with Crippen molar-refractivity contribution in [1.82, 2.24) is 0 Å². The zero-order valence-corrected chi connectivity index (χ0v) is 17.9. The van der Waals surface area contributed by atoms with E-state index in [1.54, 1.807) is 12.1 Å². The van der Waals surface area contributed by atoms with Gasteiger partial charge in [-0.15, -0.1) is 11.8 Å². The first-order chi connectivity index (χ1) is 14.4. The highest BCUT2D eigenvalue weighted by molar-refractivity contribution is 8.00. The Morgan fingerprint density at radius 1 is 1.00 bits per heavy atom. The maximum Gasteiger partial charge on any atom is 0.238 e. The summed E-state index contributed by atoms with van der Waals surface area (Å²) in [6.07, 6.45) is 5.24. The highest BCUT2D eigenvalue weighted by atomic mass is 32.2. The monoisotopic (exact) mass is 420 g/mol. The fourth-order valence-electron chi connectivity index (χ4n) is 3.95. The molecule has 3 amide bonds. The van der Waals surface area contributed by atoms with Crippen LogP contribution in [0.3, 0.4) is 0 Å². The van der Waals surface area contributed by atoms with E-state index in [0.29, 0.717) is 18.5 Å². The first kappa shape index (κ1) is 20.4. The van der Waals surface area contributed by atoms with Crippen molar-refractivity contribution in [3.8, 4) is 0 Å². The van der Waals surface area contributed by atoms with Crippen LogP contribution in [0.2, 0.25) is 0 Å². The third kappa shape index (κ3) is 4.05. The third-order valence-electron chi connectivity index (χ3n) is 5.64. The lowest BCUT2D eigenvalue weighted by Gasteiger charge is -2.15. The molecular formula is C24H24N2O3S. The summed E-state index contributed by atoms with van der Waals surface area (Å²) in [7, 11) is 0. The lowest BCUT2D eigenvalue weighted by molar-refractivity contribution is -0.122. The zero-order chi connectivity index (χ0) is 21.3. The number of nitrogens with one attached hydrogen (secondary N) is 1. The van der Waals surface area contributed by atoms with Gasteiger partial charge in [-0.3, -0.25) is 19.3 Å². The van der Waals surface area contributed by atoms with Gasteiger partial charge >= 0.3 is 0 Å². The number of fused-ring (bicyclic) bond motifs is 1. The minimum absolute atomic E-state index is 0.0701. The molecule has 0 spiro atoms. The number of rotatable bonds is 5. The van der Waals surface area contributed by atoms with Crippen LogP contribution in [-0.4, -0.2) is 23.5 Å². The summed E-state index contributed by atoms with van der Waals surface area (Å²) in [5.41, 5.74) is 3.56. The van der Waals surface area contributed by atoms with Crippen LogP contribution in [0.5, 0.6) is 0 Å². The van der Waals surface area contributed by atoms with Gasteiger partial charge in [0.1, 0.15) is 0 Å². The third-order valence-corrected chi connectivity index (χ3v) is 6.65. The van der Waals surface area contributed by atoms with E-state index < -0.39 is 0 Å². The van der Waals surface area contributed by atoms with Gasteiger partial charge in [0.2, 0.25) is 17.7 Å². The summed E-state index contributed by atoms with van der Waals surface area (Å²) in [4.78, 5) is 39.9. The second-order valence-electron chi connectivity index (χ2n) is 7.82. The average molecular weight is 421 g/mol. The van der Waals surface area contributed by atoms with Crippen LogP contribution in [0, 0.1) is 25.7 Å². The molecule has 0 bridgehead atoms. The molecule has 0 aromatic heterocycles. The maximum absolute atomic E-state index is 12.7. The molecule has 1 aliphatic heterocycles. The number of amides is 3. The van der Waals surface area contributed by atoms with E-state index in [1.807, 2.05) is 56.3 Å². The van der Waals surface area contributed by atoms with Gasteiger partial charge in [0.05, 0.1) is 23.3 Å². The lowest BCUT2D eigenvalue weighted by atomic mass is 9.85. The summed E-state index contributed by atoms with van der Waals surface area (Å²) in [5, 5.41) is 2.95. The topological polar surface area (TPSA) is 66.5 Å². The van der Waals surface area contributed by atoms with Crippen molar-refractivity contribution in [3.05, 3.63) is 65.7 Å². The predicted molar refractivity (Wildman–Crippen MR) is 120 cm³/mol. The van der Waals surface area contributed by atoms with E-state index in [0.717, 1.165) is 21.7 Å². The molecule has 1 fully saturated rings. The minimum Gasteiger partial charge on any atom is -0.325 e. The van der Waals surface area contributed by atoms with Gasteiger partial charge in [-0.25, -0.2) is 0 Å². The molecule has 0 saturated carbocycles. The Hall–Kier alpha value is -2.86. The number of anilines is 2. The van der Waals surface area contributed by atoms with Gasteiger partial charge in [0.15, 0.2) is 0 Å². The van der Waals surface area contributed by atoms with Gasteiger partial charge in [-0.05, 0) is 68.1 Å². The smallest absolute Gasteiger partial charge is 0.238 e. The fraction of sp³-hybridized carbons (Fsp3) is 0.292. The number of carbonyl (C=O) groups excluding carboxylic acids is 3. The number of hydrogen-bond donors (Lipinski definition) is 1. The molecule has 30 heavy (non-hydrogen) atoms. The van der Waals surface area contributed by atoms with Crippen LogP contribution in [0.4, 0.5) is 11.4 Å². The molecule has 1 N–H and O–H groups in total. The molecule has 1 heterocycles. The maximum atomic E-state index is 12.7. The number of imide groups is 1. The molecule has 2 unspecified atom stereocenters. The van der Waals surface area contributed by atoms with Crippen molar-refractivity contribution in [2.45, 2.75) is 31.6 Å². The highest BCUT2D eigenvalue weighted by Crippen LogP contribution is 2.38. The van der Waals surface area contributed by atoms with Crippen molar-refractivity contribution >= 4 is 40.9 Å². The van der Waals surface area contributed by atoms with Crippen LogP contribution < -0.4 is 10.2 Å². The van der Waals surface area contributed by atoms with E-state index in [4.69, 9.17) is 0 Å². The van der Waals surface area contributed by atoms with E-state index in [-0.39, 0.29) is 35.3 Å². The van der Waals surface area contributed by atoms with Gasteiger partial charge in [0, 0.05) is 10.6 Å². The molecule has 2 aromatic rings. The van der Waals surface area contributed by atoms with Crippen molar-refractivity contribution in [2.75, 3.05) is 16.0 Å². The van der Waals surface area contributed by atoms with Crippen LogP contribution in [0.1, 0.15) is 24.0 Å². The second-order valence-corrected chi connectivity index (χ2v) is 8.87. The molecule has 2 aromatic carbocycles. The highest BCUT2D eigenvalue weighted by Gasteiger charge is 2.47. The zero-order valence-electron chi connectivity index (χ0n) is 17.1. The Morgan fingerprint density at radius 3 is 2.27 bits per heavy atom. The number of carbonyl (C=O) groups is 3. The van der Waals surface area contributed by atoms with Gasteiger partial charge in [-0.1, -0.05) is 24.3 Å². The Labute approximate surface area is 180 Å². The molecular weight excluding hydrogens is 396 g/mol. The van der Waals surface area contributed by atoms with E-state index in [2.05, 4.69) is 5.32 Å². The summed E-state index contributed by atoms with van der Waals surface area (Å²) in [5.74, 6) is -0.468. The van der Waals surface area contributed by atoms with Crippen molar-refractivity contribution in [3.63, 3.8) is 0 Å².